The molecule has 0 aliphatic carbocycles. The van der Waals surface area contributed by atoms with Crippen LogP contribution >= 0.6 is 0 Å². The molecule has 1 amide bonds. The van der Waals surface area contributed by atoms with Gasteiger partial charge in [-0.05, 0) is 18.6 Å². The maximum atomic E-state index is 10.5. The van der Waals surface area contributed by atoms with Crippen molar-refractivity contribution in [3.05, 3.63) is 30.1 Å². The fourth-order valence-corrected chi connectivity index (χ4v) is 1.70. The van der Waals surface area contributed by atoms with E-state index >= 15 is 0 Å². The number of nitrogens with zero attached hydrogens (tertiary/aromatic N) is 2. The lowest BCUT2D eigenvalue weighted by Gasteiger charge is -2.18. The highest BCUT2D eigenvalue weighted by Gasteiger charge is 2.02. The Morgan fingerprint density at radius 2 is 2.24 bits per heavy atom. The number of rotatable bonds is 4. The van der Waals surface area contributed by atoms with Crippen LogP contribution in [0.5, 0.6) is 0 Å². The molecule has 17 heavy (non-hydrogen) atoms. The molecule has 0 aliphatic rings. The molecule has 5 nitrogen and oxygen atoms in total. The third kappa shape index (κ3) is 2.75. The molecule has 0 aliphatic heterocycles. The fraction of sp³-hybridized carbons (Fsp3) is 0.333. The molecule has 0 unspecified atom stereocenters. The molecule has 0 bridgehead atoms. The number of aromatic amines is 1. The lowest BCUT2D eigenvalue weighted by molar-refractivity contribution is -0.264. The van der Waals surface area contributed by atoms with Gasteiger partial charge in [-0.1, -0.05) is 12.1 Å². The van der Waals surface area contributed by atoms with Crippen LogP contribution < -0.4 is 5.11 Å². The topological polar surface area (TPSA) is 72.0 Å². The number of aryl methyl sites for hydroxylation is 1. The lowest BCUT2D eigenvalue weighted by atomic mass is 10.3. The molecule has 2 aromatic rings. The molecule has 1 aromatic carbocycles. The first-order valence-electron chi connectivity index (χ1n) is 5.52. The summed E-state index contributed by atoms with van der Waals surface area (Å²) in [7, 11) is 1.51. The largest absolute Gasteiger partial charge is 0.530 e. The summed E-state index contributed by atoms with van der Waals surface area (Å²) in [5.41, 5.74) is 1.95. The van der Waals surface area contributed by atoms with E-state index in [2.05, 4.69) is 9.97 Å². The van der Waals surface area contributed by atoms with Crippen LogP contribution in [0.3, 0.4) is 0 Å². The minimum absolute atomic E-state index is 0.458. The van der Waals surface area contributed by atoms with Crippen LogP contribution in [0.25, 0.3) is 11.0 Å². The molecule has 2 rings (SSSR count). The van der Waals surface area contributed by atoms with Crippen LogP contribution in [0.4, 0.5) is 4.79 Å². The first-order chi connectivity index (χ1) is 8.16. The number of nitrogens with one attached hydrogen (secondary N) is 1. The van der Waals surface area contributed by atoms with Gasteiger partial charge in [-0.3, -0.25) is 0 Å². The number of hydrogen-bond donors (Lipinski definition) is 1. The van der Waals surface area contributed by atoms with Gasteiger partial charge in [0.1, 0.15) is 11.9 Å². The van der Waals surface area contributed by atoms with Gasteiger partial charge < -0.3 is 19.8 Å². The maximum absolute atomic E-state index is 10.5. The highest BCUT2D eigenvalue weighted by Crippen LogP contribution is 2.11. The van der Waals surface area contributed by atoms with Crippen molar-refractivity contribution in [2.24, 2.45) is 0 Å². The van der Waals surface area contributed by atoms with Gasteiger partial charge in [-0.2, -0.15) is 0 Å². The van der Waals surface area contributed by atoms with Gasteiger partial charge in [-0.25, -0.2) is 4.98 Å². The van der Waals surface area contributed by atoms with Crippen LogP contribution in [-0.2, 0) is 6.42 Å². The summed E-state index contributed by atoms with van der Waals surface area (Å²) < 4.78 is 0. The van der Waals surface area contributed by atoms with Crippen molar-refractivity contribution in [3.8, 4) is 0 Å². The third-order valence-corrected chi connectivity index (χ3v) is 2.66. The molecular weight excluding hydrogens is 218 g/mol. The third-order valence-electron chi connectivity index (χ3n) is 2.66. The molecule has 5 heteroatoms. The summed E-state index contributed by atoms with van der Waals surface area (Å²) in [6, 6.07) is 7.81. The van der Waals surface area contributed by atoms with Crippen molar-refractivity contribution in [2.75, 3.05) is 13.6 Å². The maximum Gasteiger partial charge on any atom is 0.136 e. The number of H-pyrrole nitrogens is 1. The zero-order valence-electron chi connectivity index (χ0n) is 9.64. The van der Waals surface area contributed by atoms with Crippen molar-refractivity contribution in [2.45, 2.75) is 12.8 Å². The van der Waals surface area contributed by atoms with Gasteiger partial charge in [0.05, 0.1) is 11.0 Å². The molecule has 1 aromatic heterocycles. The monoisotopic (exact) mass is 232 g/mol. The SMILES string of the molecule is CN(CCCc1nc2ccccc2[nH]1)C(=O)[O-]. The van der Waals surface area contributed by atoms with E-state index in [0.29, 0.717) is 6.54 Å². The summed E-state index contributed by atoms with van der Waals surface area (Å²) in [6.07, 6.45) is 0.311. The Bertz CT molecular complexity index is 488. The first-order valence-corrected chi connectivity index (χ1v) is 5.52. The second-order valence-electron chi connectivity index (χ2n) is 3.99. The van der Waals surface area contributed by atoms with E-state index in [9.17, 15) is 9.90 Å². The number of para-hydroxylation sites is 2. The Kier molecular flexibility index (Phi) is 3.27. The van der Waals surface area contributed by atoms with E-state index < -0.39 is 6.09 Å². The number of amides is 1. The van der Waals surface area contributed by atoms with Crippen molar-refractivity contribution in [3.63, 3.8) is 0 Å². The quantitative estimate of drug-likeness (QED) is 0.846. The number of imidazole rings is 1. The van der Waals surface area contributed by atoms with Crippen LogP contribution in [-0.4, -0.2) is 34.6 Å². The molecule has 0 atom stereocenters. The number of benzene rings is 1. The van der Waals surface area contributed by atoms with Gasteiger partial charge in [0.15, 0.2) is 0 Å². The van der Waals surface area contributed by atoms with Crippen molar-refractivity contribution in [1.82, 2.24) is 14.9 Å². The Morgan fingerprint density at radius 1 is 1.47 bits per heavy atom. The number of hydrogen-bond acceptors (Lipinski definition) is 3. The molecule has 1 N–H and O–H groups in total. The molecule has 90 valence electrons. The Balaban J connectivity index is 1.93. The summed E-state index contributed by atoms with van der Waals surface area (Å²) >= 11 is 0. The molecule has 1 heterocycles. The average Bonchev–Trinajstić information content (AvgIpc) is 2.71. The van der Waals surface area contributed by atoms with E-state index in [1.807, 2.05) is 24.3 Å². The number of aromatic nitrogens is 2. The van der Waals surface area contributed by atoms with Crippen LogP contribution in [0.15, 0.2) is 24.3 Å². The van der Waals surface area contributed by atoms with Gasteiger partial charge >= 0.3 is 0 Å². The normalized spacial score (nSPS) is 10.6. The summed E-state index contributed by atoms with van der Waals surface area (Å²) in [4.78, 5) is 19.3. The molecule has 0 fully saturated rings. The second-order valence-corrected chi connectivity index (χ2v) is 3.99. The minimum atomic E-state index is -1.14. The second kappa shape index (κ2) is 4.86. The van der Waals surface area contributed by atoms with E-state index in [-0.39, 0.29) is 0 Å². The standard InChI is InChI=1S/C12H15N3O2/c1-15(12(16)17)8-4-7-11-13-9-5-2-3-6-10(9)14-11/h2-3,5-6H,4,7-8H2,1H3,(H,13,14)(H,16,17)/p-1. The number of carbonyl (C=O) groups is 1. The highest BCUT2D eigenvalue weighted by molar-refractivity contribution is 5.74. The Hall–Kier alpha value is -2.04. The van der Waals surface area contributed by atoms with Crippen LogP contribution in [0.2, 0.25) is 0 Å². The number of fused-ring (bicyclic) bond motifs is 1. The van der Waals surface area contributed by atoms with Gasteiger partial charge in [0.25, 0.3) is 0 Å². The molecule has 0 spiro atoms. The summed E-state index contributed by atoms with van der Waals surface area (Å²) in [5, 5.41) is 10.5. The molecule has 0 radical (unpaired) electrons. The van der Waals surface area contributed by atoms with E-state index in [1.165, 1.54) is 11.9 Å². The fourth-order valence-electron chi connectivity index (χ4n) is 1.70. The van der Waals surface area contributed by atoms with Gasteiger partial charge in [-0.15, -0.1) is 0 Å². The summed E-state index contributed by atoms with van der Waals surface area (Å²) in [6.45, 7) is 0.458. The molecular formula is C12H14N3O2-. The number of carbonyl (C=O) groups excluding carboxylic acids is 1. The van der Waals surface area contributed by atoms with Gasteiger partial charge in [0, 0.05) is 20.0 Å². The summed E-state index contributed by atoms with van der Waals surface area (Å²) in [5.74, 6) is 0.887. The lowest BCUT2D eigenvalue weighted by Crippen LogP contribution is -2.38. The van der Waals surface area contributed by atoms with E-state index in [1.54, 1.807) is 0 Å². The Morgan fingerprint density at radius 3 is 2.94 bits per heavy atom. The van der Waals surface area contributed by atoms with Crippen molar-refractivity contribution >= 4 is 17.1 Å². The predicted molar refractivity (Wildman–Crippen MR) is 62.4 cm³/mol. The number of carboxylic acid groups (broad SMARTS) is 1. The molecule has 0 saturated heterocycles. The van der Waals surface area contributed by atoms with Gasteiger partial charge in [0.2, 0.25) is 0 Å². The zero-order valence-corrected chi connectivity index (χ0v) is 9.64. The molecule has 0 saturated carbocycles. The average molecular weight is 232 g/mol. The van der Waals surface area contributed by atoms with Crippen LogP contribution in [0.1, 0.15) is 12.2 Å². The smallest absolute Gasteiger partial charge is 0.136 e. The predicted octanol–water partition coefficient (Wildman–Crippen LogP) is 0.771. The Labute approximate surface area is 99.1 Å². The van der Waals surface area contributed by atoms with Crippen molar-refractivity contribution in [1.29, 1.82) is 0 Å². The van der Waals surface area contributed by atoms with Crippen molar-refractivity contribution < 1.29 is 9.90 Å². The van der Waals surface area contributed by atoms with E-state index in [0.717, 1.165) is 29.7 Å². The first kappa shape index (κ1) is 11.4. The van der Waals surface area contributed by atoms with Crippen LogP contribution in [0, 0.1) is 0 Å². The zero-order chi connectivity index (χ0) is 12.3. The highest BCUT2D eigenvalue weighted by atomic mass is 16.4. The van der Waals surface area contributed by atoms with E-state index in [4.69, 9.17) is 0 Å². The minimum Gasteiger partial charge on any atom is -0.530 e.